The molecule has 4 rings (SSSR count). The first-order chi connectivity index (χ1) is 13.8. The molecule has 1 fully saturated rings. The molecule has 1 N–H and O–H groups in total. The van der Waals surface area contributed by atoms with Gasteiger partial charge in [-0.25, -0.2) is 24.4 Å². The summed E-state index contributed by atoms with van der Waals surface area (Å²) in [7, 11) is 0. The Hall–Kier alpha value is -3.56. The van der Waals surface area contributed by atoms with Gasteiger partial charge in [0.2, 0.25) is 0 Å². The lowest BCUT2D eigenvalue weighted by atomic mass is 10.0. The van der Waals surface area contributed by atoms with Crippen molar-refractivity contribution in [3.05, 3.63) is 59.9 Å². The number of hydrogen-bond donors (Lipinski definition) is 1. The molecule has 0 bridgehead atoms. The maximum Gasteiger partial charge on any atom is 0.416 e. The third kappa shape index (κ3) is 4.15. The highest BCUT2D eigenvalue weighted by molar-refractivity contribution is 6.18. The summed E-state index contributed by atoms with van der Waals surface area (Å²) in [5, 5.41) is 13.6. The van der Waals surface area contributed by atoms with E-state index in [9.17, 15) is 23.1 Å². The fraction of sp³-hybridized carbons (Fsp3) is 0.211. The van der Waals surface area contributed by atoms with E-state index >= 15 is 0 Å². The lowest BCUT2D eigenvalue weighted by molar-refractivity contribution is -0.137. The lowest BCUT2D eigenvalue weighted by Gasteiger charge is -2.10. The van der Waals surface area contributed by atoms with Crippen molar-refractivity contribution in [2.45, 2.75) is 24.9 Å². The van der Waals surface area contributed by atoms with Gasteiger partial charge in [-0.05, 0) is 42.5 Å². The predicted molar refractivity (Wildman–Crippen MR) is 96.3 cm³/mol. The third-order valence-corrected chi connectivity index (χ3v) is 4.46. The molecule has 0 radical (unpaired) electrons. The summed E-state index contributed by atoms with van der Waals surface area (Å²) in [5.74, 6) is -1.04. The monoisotopic (exact) mass is 401 g/mol. The topological polar surface area (TPSA) is 93.8 Å². The molecule has 3 aromatic rings. The Labute approximate surface area is 162 Å². The van der Waals surface area contributed by atoms with Crippen LogP contribution in [0.1, 0.15) is 35.4 Å². The summed E-state index contributed by atoms with van der Waals surface area (Å²) in [6.07, 6.45) is 3.59. The van der Waals surface area contributed by atoms with Crippen LogP contribution in [0.3, 0.4) is 0 Å². The van der Waals surface area contributed by atoms with Crippen LogP contribution in [-0.4, -0.2) is 35.8 Å². The number of aromatic nitrogens is 5. The molecule has 1 aliphatic rings. The van der Waals surface area contributed by atoms with Gasteiger partial charge >= 0.3 is 12.1 Å². The number of benzene rings is 1. The van der Waals surface area contributed by atoms with Gasteiger partial charge in [-0.1, -0.05) is 0 Å². The van der Waals surface area contributed by atoms with Gasteiger partial charge in [0.05, 0.1) is 11.1 Å². The number of rotatable bonds is 5. The highest BCUT2D eigenvalue weighted by atomic mass is 19.4. The summed E-state index contributed by atoms with van der Waals surface area (Å²) in [4.78, 5) is 23.2. The Balaban J connectivity index is 1.72. The number of carboxylic acids is 1. The highest BCUT2D eigenvalue weighted by Crippen LogP contribution is 2.43. The van der Waals surface area contributed by atoms with E-state index in [1.165, 1.54) is 31.2 Å². The normalized spacial score (nSPS) is 14.8. The Bertz CT molecular complexity index is 1090. The average Bonchev–Trinajstić information content (AvgIpc) is 3.44. The van der Waals surface area contributed by atoms with Crippen molar-refractivity contribution in [2.24, 2.45) is 0 Å². The van der Waals surface area contributed by atoms with Crippen LogP contribution in [0.15, 0.2) is 43.2 Å². The van der Waals surface area contributed by atoms with E-state index in [0.29, 0.717) is 5.56 Å². The number of nitrogens with zero attached hydrogens (tertiary/aromatic N) is 5. The van der Waals surface area contributed by atoms with Gasteiger partial charge in [-0.3, -0.25) is 0 Å². The number of aliphatic carboxylic acids is 1. The van der Waals surface area contributed by atoms with Gasteiger partial charge < -0.3 is 5.11 Å². The molecular formula is C19H14F3N5O2. The quantitative estimate of drug-likeness (QED) is 0.655. The van der Waals surface area contributed by atoms with Crippen molar-refractivity contribution in [1.29, 1.82) is 0 Å². The maximum atomic E-state index is 13.3. The van der Waals surface area contributed by atoms with Crippen LogP contribution in [0.25, 0.3) is 23.2 Å². The first-order valence-corrected chi connectivity index (χ1v) is 8.65. The zero-order valence-corrected chi connectivity index (χ0v) is 14.8. The van der Waals surface area contributed by atoms with Gasteiger partial charge in [-0.15, -0.1) is 5.10 Å². The number of carbonyl (C=O) groups is 1. The van der Waals surface area contributed by atoms with E-state index < -0.39 is 17.7 Å². The molecule has 1 aliphatic carbocycles. The van der Waals surface area contributed by atoms with E-state index in [0.717, 1.165) is 29.7 Å². The van der Waals surface area contributed by atoms with Crippen LogP contribution >= 0.6 is 0 Å². The Morgan fingerprint density at radius 3 is 2.52 bits per heavy atom. The second kappa shape index (κ2) is 7.12. The van der Waals surface area contributed by atoms with Crippen LogP contribution in [0.4, 0.5) is 13.2 Å². The Kier molecular flexibility index (Phi) is 4.61. The predicted octanol–water partition coefficient (Wildman–Crippen LogP) is 3.71. The van der Waals surface area contributed by atoms with Crippen LogP contribution in [0, 0.1) is 0 Å². The molecule has 0 spiro atoms. The zero-order valence-electron chi connectivity index (χ0n) is 14.8. The van der Waals surface area contributed by atoms with Crippen LogP contribution in [-0.2, 0) is 11.0 Å². The average molecular weight is 401 g/mol. The molecule has 29 heavy (non-hydrogen) atoms. The first kappa shape index (κ1) is 18.8. The molecule has 0 atom stereocenters. The summed E-state index contributed by atoms with van der Waals surface area (Å²) in [6, 6.07) is 3.81. The largest absolute Gasteiger partial charge is 0.478 e. The molecule has 0 saturated heterocycles. The van der Waals surface area contributed by atoms with Gasteiger partial charge in [0.25, 0.3) is 0 Å². The molecule has 0 amide bonds. The van der Waals surface area contributed by atoms with E-state index in [-0.39, 0.29) is 28.4 Å². The maximum absolute atomic E-state index is 13.3. The second-order valence-electron chi connectivity index (χ2n) is 6.64. The van der Waals surface area contributed by atoms with Crippen molar-refractivity contribution < 1.29 is 23.1 Å². The minimum absolute atomic E-state index is 0.0725. The second-order valence-corrected chi connectivity index (χ2v) is 6.64. The van der Waals surface area contributed by atoms with Crippen molar-refractivity contribution in [3.63, 3.8) is 0 Å². The van der Waals surface area contributed by atoms with Crippen molar-refractivity contribution >= 4 is 17.7 Å². The molecule has 2 heterocycles. The van der Waals surface area contributed by atoms with Crippen LogP contribution in [0.5, 0.6) is 0 Å². The fourth-order valence-corrected chi connectivity index (χ4v) is 2.89. The highest BCUT2D eigenvalue weighted by Gasteiger charge is 2.34. The van der Waals surface area contributed by atoms with Crippen molar-refractivity contribution in [1.82, 2.24) is 24.7 Å². The van der Waals surface area contributed by atoms with E-state index in [1.807, 2.05) is 0 Å². The fourth-order valence-electron chi connectivity index (χ4n) is 2.89. The standard InChI is InChI=1S/C19H14F3N5O2/c20-19(21,22)15-4-12(11-1-2-11)3-13(5-15)17-25-10-27(26-17)8-16(18(28)29)14-6-23-9-24-7-14/h3-11H,1-2H2,(H,28,29)/b16-8+. The molecule has 1 saturated carbocycles. The number of hydrogen-bond acceptors (Lipinski definition) is 5. The lowest BCUT2D eigenvalue weighted by Crippen LogP contribution is -2.06. The molecule has 0 aliphatic heterocycles. The van der Waals surface area contributed by atoms with E-state index in [4.69, 9.17) is 0 Å². The number of alkyl halides is 3. The summed E-state index contributed by atoms with van der Waals surface area (Å²) in [5.41, 5.74) is 0.205. The van der Waals surface area contributed by atoms with E-state index in [2.05, 4.69) is 20.1 Å². The van der Waals surface area contributed by atoms with Crippen LogP contribution in [0.2, 0.25) is 0 Å². The Morgan fingerprint density at radius 1 is 1.17 bits per heavy atom. The smallest absolute Gasteiger partial charge is 0.416 e. The van der Waals surface area contributed by atoms with Crippen LogP contribution < -0.4 is 0 Å². The van der Waals surface area contributed by atoms with E-state index in [1.54, 1.807) is 6.07 Å². The minimum atomic E-state index is -4.48. The molecule has 10 heteroatoms. The Morgan fingerprint density at radius 2 is 1.90 bits per heavy atom. The van der Waals surface area contributed by atoms with Gasteiger partial charge in [0, 0.05) is 29.7 Å². The summed E-state index contributed by atoms with van der Waals surface area (Å²) >= 11 is 0. The molecule has 7 nitrogen and oxygen atoms in total. The number of carboxylic acid groups (broad SMARTS) is 1. The molecule has 148 valence electrons. The van der Waals surface area contributed by atoms with Gasteiger partial charge in [-0.2, -0.15) is 13.2 Å². The summed E-state index contributed by atoms with van der Waals surface area (Å²) in [6.45, 7) is 0. The molecule has 0 unspecified atom stereocenters. The molecule has 2 aromatic heterocycles. The number of halogens is 3. The summed E-state index contributed by atoms with van der Waals surface area (Å²) < 4.78 is 40.9. The van der Waals surface area contributed by atoms with Crippen molar-refractivity contribution in [2.75, 3.05) is 0 Å². The molecular weight excluding hydrogens is 387 g/mol. The third-order valence-electron chi connectivity index (χ3n) is 4.46. The molecule has 1 aromatic carbocycles. The first-order valence-electron chi connectivity index (χ1n) is 8.65. The van der Waals surface area contributed by atoms with Crippen molar-refractivity contribution in [3.8, 4) is 11.4 Å². The minimum Gasteiger partial charge on any atom is -0.478 e. The zero-order chi connectivity index (χ0) is 20.6. The van der Waals surface area contributed by atoms with Gasteiger partial charge in [0.15, 0.2) is 5.82 Å². The SMILES string of the molecule is O=C(O)/C(=C/n1cnc(-c2cc(C3CC3)cc(C(F)(F)F)c2)n1)c1cncnc1. The van der Waals surface area contributed by atoms with Gasteiger partial charge in [0.1, 0.15) is 12.7 Å².